The summed E-state index contributed by atoms with van der Waals surface area (Å²) in [6.45, 7) is 4.69. The van der Waals surface area contributed by atoms with E-state index >= 15 is 0 Å². The van der Waals surface area contributed by atoms with Crippen LogP contribution in [0.2, 0.25) is 5.02 Å². The highest BCUT2D eigenvalue weighted by molar-refractivity contribution is 6.32. The molecule has 8 heteroatoms. The molecule has 1 aromatic carbocycles. The first-order valence-corrected chi connectivity index (χ1v) is 9.36. The molecule has 1 atom stereocenters. The van der Waals surface area contributed by atoms with Gasteiger partial charge in [0.25, 0.3) is 0 Å². The van der Waals surface area contributed by atoms with Gasteiger partial charge in [0.05, 0.1) is 17.7 Å². The Morgan fingerprint density at radius 1 is 1.27 bits per heavy atom. The summed E-state index contributed by atoms with van der Waals surface area (Å²) in [6.07, 6.45) is 2.16. The Labute approximate surface area is 159 Å². The summed E-state index contributed by atoms with van der Waals surface area (Å²) in [5.74, 6) is 2.05. The van der Waals surface area contributed by atoms with E-state index in [2.05, 4.69) is 15.6 Å². The number of benzene rings is 1. The molecule has 0 aliphatic carbocycles. The maximum atomic E-state index is 6.27. The Morgan fingerprint density at radius 3 is 2.96 bits per heavy atom. The molecule has 0 saturated carbocycles. The van der Waals surface area contributed by atoms with Gasteiger partial charge in [-0.05, 0) is 30.5 Å². The predicted octanol–water partition coefficient (Wildman–Crippen LogP) is 1.97. The molecule has 0 radical (unpaired) electrons. The second kappa shape index (κ2) is 9.85. The number of nitrogens with zero attached hydrogens (tertiary/aromatic N) is 1. The third-order valence-electron chi connectivity index (χ3n) is 4.20. The molecule has 0 aromatic heterocycles. The normalized spacial score (nSPS) is 19.5. The van der Waals surface area contributed by atoms with Crippen LogP contribution in [0.3, 0.4) is 0 Å². The molecule has 26 heavy (non-hydrogen) atoms. The quantitative estimate of drug-likeness (QED) is 0.426. The smallest absolute Gasteiger partial charge is 0.191 e. The molecule has 2 N–H and O–H groups in total. The van der Waals surface area contributed by atoms with Crippen molar-refractivity contribution in [1.29, 1.82) is 0 Å². The third-order valence-corrected chi connectivity index (χ3v) is 4.48. The zero-order valence-corrected chi connectivity index (χ0v) is 15.8. The Morgan fingerprint density at radius 2 is 2.15 bits per heavy atom. The van der Waals surface area contributed by atoms with Gasteiger partial charge < -0.3 is 29.6 Å². The topological polar surface area (TPSA) is 73.3 Å². The van der Waals surface area contributed by atoms with Crippen LogP contribution >= 0.6 is 11.6 Å². The van der Waals surface area contributed by atoms with Gasteiger partial charge in [0, 0.05) is 33.4 Å². The van der Waals surface area contributed by atoms with E-state index in [9.17, 15) is 0 Å². The van der Waals surface area contributed by atoms with Gasteiger partial charge in [0.2, 0.25) is 0 Å². The SMILES string of the molecule is CN=C(NCCCOC1CCOC1)NCc1cc(Cl)c2c(c1)OCCO2. The van der Waals surface area contributed by atoms with Gasteiger partial charge in [-0.25, -0.2) is 0 Å². The molecule has 2 aliphatic heterocycles. The van der Waals surface area contributed by atoms with E-state index in [1.165, 1.54) is 0 Å². The van der Waals surface area contributed by atoms with Crippen LogP contribution in [0.15, 0.2) is 17.1 Å². The average Bonchev–Trinajstić information content (AvgIpc) is 3.17. The molecular weight excluding hydrogens is 358 g/mol. The molecule has 1 saturated heterocycles. The van der Waals surface area contributed by atoms with E-state index in [4.69, 9.17) is 30.5 Å². The van der Waals surface area contributed by atoms with Crippen molar-refractivity contribution < 1.29 is 18.9 Å². The first kappa shape index (κ1) is 19.1. The molecule has 0 amide bonds. The summed E-state index contributed by atoms with van der Waals surface area (Å²) in [5.41, 5.74) is 1.01. The fourth-order valence-electron chi connectivity index (χ4n) is 2.85. The molecule has 7 nitrogen and oxygen atoms in total. The number of rotatable bonds is 7. The van der Waals surface area contributed by atoms with Gasteiger partial charge >= 0.3 is 0 Å². The van der Waals surface area contributed by atoms with E-state index in [1.54, 1.807) is 7.05 Å². The number of fused-ring (bicyclic) bond motifs is 1. The lowest BCUT2D eigenvalue weighted by Gasteiger charge is -2.20. The van der Waals surface area contributed by atoms with Gasteiger partial charge in [0.1, 0.15) is 13.2 Å². The maximum absolute atomic E-state index is 6.27. The fourth-order valence-corrected chi connectivity index (χ4v) is 3.13. The van der Waals surface area contributed by atoms with Crippen LogP contribution < -0.4 is 20.1 Å². The molecule has 0 spiro atoms. The third kappa shape index (κ3) is 5.40. The molecule has 1 unspecified atom stereocenters. The summed E-state index contributed by atoms with van der Waals surface area (Å²) in [5, 5.41) is 7.12. The summed E-state index contributed by atoms with van der Waals surface area (Å²) in [7, 11) is 1.75. The Balaban J connectivity index is 1.39. The Kier molecular flexibility index (Phi) is 7.22. The molecule has 1 aromatic rings. The number of aliphatic imine (C=N–C) groups is 1. The Hall–Kier alpha value is -1.70. The molecule has 144 valence electrons. The Bertz CT molecular complexity index is 621. The molecule has 2 heterocycles. The van der Waals surface area contributed by atoms with Crippen LogP contribution in [0.5, 0.6) is 11.5 Å². The van der Waals surface area contributed by atoms with E-state index in [0.29, 0.717) is 36.3 Å². The highest BCUT2D eigenvalue weighted by Gasteiger charge is 2.17. The van der Waals surface area contributed by atoms with Crippen molar-refractivity contribution in [1.82, 2.24) is 10.6 Å². The lowest BCUT2D eigenvalue weighted by atomic mass is 10.2. The first-order valence-electron chi connectivity index (χ1n) is 8.98. The minimum Gasteiger partial charge on any atom is -0.486 e. The molecular formula is C18H26ClN3O4. The van der Waals surface area contributed by atoms with Crippen molar-refractivity contribution in [3.63, 3.8) is 0 Å². The van der Waals surface area contributed by atoms with Crippen molar-refractivity contribution >= 4 is 17.6 Å². The van der Waals surface area contributed by atoms with Crippen LogP contribution in [0.25, 0.3) is 0 Å². The largest absolute Gasteiger partial charge is 0.486 e. The lowest BCUT2D eigenvalue weighted by Crippen LogP contribution is -2.37. The lowest BCUT2D eigenvalue weighted by molar-refractivity contribution is 0.0420. The fraction of sp³-hybridized carbons (Fsp3) is 0.611. The number of halogens is 1. The van der Waals surface area contributed by atoms with Crippen LogP contribution in [-0.4, -0.2) is 58.7 Å². The van der Waals surface area contributed by atoms with E-state index in [-0.39, 0.29) is 6.10 Å². The number of hydrogen-bond acceptors (Lipinski definition) is 5. The zero-order valence-electron chi connectivity index (χ0n) is 15.1. The van der Waals surface area contributed by atoms with Gasteiger partial charge in [-0.3, -0.25) is 4.99 Å². The summed E-state index contributed by atoms with van der Waals surface area (Å²) >= 11 is 6.27. The van der Waals surface area contributed by atoms with E-state index < -0.39 is 0 Å². The van der Waals surface area contributed by atoms with Crippen LogP contribution in [-0.2, 0) is 16.0 Å². The minimum atomic E-state index is 0.257. The van der Waals surface area contributed by atoms with E-state index in [1.807, 2.05) is 12.1 Å². The standard InChI is InChI=1S/C18H26ClN3O4/c1-20-18(21-4-2-5-24-14-3-6-23-12-14)22-11-13-9-15(19)17-16(10-13)25-7-8-26-17/h9-10,14H,2-8,11-12H2,1H3,(H2,20,21,22). The second-order valence-corrected chi connectivity index (χ2v) is 6.57. The molecule has 3 rings (SSSR count). The molecule has 2 aliphatic rings. The number of guanidine groups is 1. The number of nitrogens with one attached hydrogen (secondary N) is 2. The van der Waals surface area contributed by atoms with Crippen molar-refractivity contribution in [3.05, 3.63) is 22.7 Å². The number of ether oxygens (including phenoxy) is 4. The van der Waals surface area contributed by atoms with Crippen molar-refractivity contribution in [2.75, 3.05) is 46.6 Å². The minimum absolute atomic E-state index is 0.257. The highest BCUT2D eigenvalue weighted by atomic mass is 35.5. The molecule has 1 fully saturated rings. The van der Waals surface area contributed by atoms with Crippen molar-refractivity contribution in [2.24, 2.45) is 4.99 Å². The molecule has 0 bridgehead atoms. The van der Waals surface area contributed by atoms with Crippen LogP contribution in [0.4, 0.5) is 0 Å². The van der Waals surface area contributed by atoms with Crippen molar-refractivity contribution in [3.8, 4) is 11.5 Å². The summed E-state index contributed by atoms with van der Waals surface area (Å²) in [6, 6.07) is 3.82. The van der Waals surface area contributed by atoms with Gasteiger partial charge in [-0.15, -0.1) is 0 Å². The van der Waals surface area contributed by atoms with Gasteiger partial charge in [-0.1, -0.05) is 11.6 Å². The summed E-state index contributed by atoms with van der Waals surface area (Å²) < 4.78 is 22.2. The van der Waals surface area contributed by atoms with E-state index in [0.717, 1.165) is 50.7 Å². The zero-order chi connectivity index (χ0) is 18.2. The summed E-state index contributed by atoms with van der Waals surface area (Å²) in [4.78, 5) is 4.23. The first-order chi connectivity index (χ1) is 12.8. The average molecular weight is 384 g/mol. The highest BCUT2D eigenvalue weighted by Crippen LogP contribution is 2.38. The predicted molar refractivity (Wildman–Crippen MR) is 100 cm³/mol. The van der Waals surface area contributed by atoms with Gasteiger partial charge in [0.15, 0.2) is 17.5 Å². The van der Waals surface area contributed by atoms with Gasteiger partial charge in [-0.2, -0.15) is 0 Å². The second-order valence-electron chi connectivity index (χ2n) is 6.16. The monoisotopic (exact) mass is 383 g/mol. The number of hydrogen-bond donors (Lipinski definition) is 2. The van der Waals surface area contributed by atoms with Crippen LogP contribution in [0, 0.1) is 0 Å². The maximum Gasteiger partial charge on any atom is 0.191 e. The van der Waals surface area contributed by atoms with Crippen LogP contribution in [0.1, 0.15) is 18.4 Å². The van der Waals surface area contributed by atoms with Crippen molar-refractivity contribution in [2.45, 2.75) is 25.5 Å².